The van der Waals surface area contributed by atoms with Gasteiger partial charge in [-0.15, -0.1) is 0 Å². The van der Waals surface area contributed by atoms with Crippen LogP contribution >= 0.6 is 11.6 Å². The van der Waals surface area contributed by atoms with Gasteiger partial charge in [-0.3, -0.25) is 0 Å². The lowest BCUT2D eigenvalue weighted by molar-refractivity contribution is -0.107. The summed E-state index contributed by atoms with van der Waals surface area (Å²) in [5.41, 5.74) is 6.17. The first kappa shape index (κ1) is 9.00. The van der Waals surface area contributed by atoms with Crippen LogP contribution in [-0.2, 0) is 11.2 Å². The van der Waals surface area contributed by atoms with E-state index in [-0.39, 0.29) is 17.1 Å². The molecule has 0 amide bonds. The minimum absolute atomic E-state index is 0.0866. The van der Waals surface area contributed by atoms with E-state index in [1.807, 2.05) is 0 Å². The fourth-order valence-electron chi connectivity index (χ4n) is 0.897. The van der Waals surface area contributed by atoms with Crippen LogP contribution in [0.1, 0.15) is 5.56 Å². The SMILES string of the molecule is Nc1c(Cl)cc(F)cc1CC=O. The molecule has 0 radical (unpaired) electrons. The highest BCUT2D eigenvalue weighted by Crippen LogP contribution is 2.24. The Bertz CT molecular complexity index is 314. The van der Waals surface area contributed by atoms with Crippen molar-refractivity contribution < 1.29 is 9.18 Å². The number of aldehydes is 1. The van der Waals surface area contributed by atoms with Crippen molar-refractivity contribution in [1.82, 2.24) is 0 Å². The number of nitrogen functional groups attached to an aromatic ring is 1. The van der Waals surface area contributed by atoms with Crippen LogP contribution in [0.3, 0.4) is 0 Å². The number of anilines is 1. The zero-order chi connectivity index (χ0) is 9.14. The molecule has 1 rings (SSSR count). The molecule has 0 fully saturated rings. The van der Waals surface area contributed by atoms with E-state index in [0.717, 1.165) is 6.07 Å². The second kappa shape index (κ2) is 3.54. The van der Waals surface area contributed by atoms with Crippen molar-refractivity contribution >= 4 is 23.6 Å². The molecule has 1 aromatic carbocycles. The average molecular weight is 188 g/mol. The number of carbonyl (C=O) groups excluding carboxylic acids is 1. The second-order valence-electron chi connectivity index (χ2n) is 2.33. The van der Waals surface area contributed by atoms with E-state index in [2.05, 4.69) is 0 Å². The molecule has 12 heavy (non-hydrogen) atoms. The summed E-state index contributed by atoms with van der Waals surface area (Å²) in [7, 11) is 0. The summed E-state index contributed by atoms with van der Waals surface area (Å²) < 4.78 is 12.7. The van der Waals surface area contributed by atoms with E-state index in [0.29, 0.717) is 11.8 Å². The Kier molecular flexibility index (Phi) is 2.65. The third-order valence-electron chi connectivity index (χ3n) is 1.48. The summed E-state index contributed by atoms with van der Waals surface area (Å²) in [4.78, 5) is 10.1. The third kappa shape index (κ3) is 1.74. The van der Waals surface area contributed by atoms with Crippen molar-refractivity contribution in [2.75, 3.05) is 5.73 Å². The average Bonchev–Trinajstić information content (AvgIpc) is 2.00. The first-order chi connectivity index (χ1) is 5.65. The third-order valence-corrected chi connectivity index (χ3v) is 1.80. The lowest BCUT2D eigenvalue weighted by Gasteiger charge is -2.03. The molecule has 0 aromatic heterocycles. The van der Waals surface area contributed by atoms with Crippen LogP contribution in [-0.4, -0.2) is 6.29 Å². The summed E-state index contributed by atoms with van der Waals surface area (Å²) in [5, 5.41) is 0.145. The van der Waals surface area contributed by atoms with Crippen LogP contribution in [0, 0.1) is 5.82 Å². The van der Waals surface area contributed by atoms with Crippen LogP contribution in [0.5, 0.6) is 0 Å². The zero-order valence-electron chi connectivity index (χ0n) is 6.18. The number of halogens is 2. The predicted octanol–water partition coefficient (Wildman–Crippen LogP) is 1.80. The van der Waals surface area contributed by atoms with E-state index in [4.69, 9.17) is 17.3 Å². The summed E-state index contributed by atoms with van der Waals surface area (Å²) in [6.07, 6.45) is 0.741. The highest BCUT2D eigenvalue weighted by molar-refractivity contribution is 6.33. The summed E-state index contributed by atoms with van der Waals surface area (Å²) in [5.74, 6) is -0.481. The standard InChI is InChI=1S/C8H7ClFNO/c9-7-4-6(10)3-5(1-2-12)8(7)11/h2-4H,1,11H2. The molecule has 1 aromatic rings. The molecule has 0 spiro atoms. The fraction of sp³-hybridized carbons (Fsp3) is 0.125. The second-order valence-corrected chi connectivity index (χ2v) is 2.74. The molecular weight excluding hydrogens is 181 g/mol. The minimum atomic E-state index is -0.481. The monoisotopic (exact) mass is 187 g/mol. The van der Waals surface area contributed by atoms with Gasteiger partial charge >= 0.3 is 0 Å². The molecule has 0 aliphatic heterocycles. The van der Waals surface area contributed by atoms with E-state index in [9.17, 15) is 9.18 Å². The summed E-state index contributed by atoms with van der Waals surface area (Å²) in [6.45, 7) is 0. The van der Waals surface area contributed by atoms with Gasteiger partial charge in [0.15, 0.2) is 0 Å². The lowest BCUT2D eigenvalue weighted by atomic mass is 10.1. The first-order valence-electron chi connectivity index (χ1n) is 3.32. The van der Waals surface area contributed by atoms with Crippen LogP contribution in [0.15, 0.2) is 12.1 Å². The zero-order valence-corrected chi connectivity index (χ0v) is 6.94. The quantitative estimate of drug-likeness (QED) is 0.567. The Balaban J connectivity index is 3.17. The largest absolute Gasteiger partial charge is 0.397 e. The van der Waals surface area contributed by atoms with Gasteiger partial charge in [-0.05, 0) is 17.7 Å². The molecule has 0 heterocycles. The maximum atomic E-state index is 12.7. The Morgan fingerprint density at radius 3 is 2.83 bits per heavy atom. The number of hydrogen-bond donors (Lipinski definition) is 1. The number of hydrogen-bond acceptors (Lipinski definition) is 2. The van der Waals surface area contributed by atoms with Crippen LogP contribution in [0.2, 0.25) is 5.02 Å². The van der Waals surface area contributed by atoms with Crippen molar-refractivity contribution in [3.8, 4) is 0 Å². The van der Waals surface area contributed by atoms with Gasteiger partial charge in [0, 0.05) is 6.42 Å². The Hall–Kier alpha value is -1.09. The first-order valence-corrected chi connectivity index (χ1v) is 3.70. The fourth-order valence-corrected chi connectivity index (χ4v) is 1.12. The molecular formula is C8H7ClFNO. The van der Waals surface area contributed by atoms with Crippen molar-refractivity contribution in [1.29, 1.82) is 0 Å². The molecule has 0 aliphatic carbocycles. The molecule has 0 aliphatic rings. The topological polar surface area (TPSA) is 43.1 Å². The maximum Gasteiger partial charge on any atom is 0.125 e. The van der Waals surface area contributed by atoms with Gasteiger partial charge in [-0.25, -0.2) is 4.39 Å². The smallest absolute Gasteiger partial charge is 0.125 e. The number of nitrogens with two attached hydrogens (primary N) is 1. The molecule has 0 atom stereocenters. The van der Waals surface area contributed by atoms with Gasteiger partial charge < -0.3 is 10.5 Å². The molecule has 0 saturated heterocycles. The lowest BCUT2D eigenvalue weighted by Crippen LogP contribution is -1.97. The molecule has 64 valence electrons. The predicted molar refractivity (Wildman–Crippen MR) is 45.6 cm³/mol. The van der Waals surface area contributed by atoms with Crippen LogP contribution < -0.4 is 5.73 Å². The molecule has 0 bridgehead atoms. The summed E-state index contributed by atoms with van der Waals surface area (Å²) >= 11 is 5.57. The summed E-state index contributed by atoms with van der Waals surface area (Å²) in [6, 6.07) is 2.32. The van der Waals surface area contributed by atoms with E-state index in [1.165, 1.54) is 6.07 Å². The van der Waals surface area contributed by atoms with Gasteiger partial charge in [-0.1, -0.05) is 11.6 Å². The molecule has 2 N–H and O–H groups in total. The van der Waals surface area contributed by atoms with Crippen molar-refractivity contribution in [2.24, 2.45) is 0 Å². The molecule has 2 nitrogen and oxygen atoms in total. The number of rotatable bonds is 2. The van der Waals surface area contributed by atoms with Gasteiger partial charge in [0.1, 0.15) is 12.1 Å². The molecule has 0 saturated carbocycles. The van der Waals surface area contributed by atoms with Crippen molar-refractivity contribution in [3.05, 3.63) is 28.5 Å². The van der Waals surface area contributed by atoms with E-state index in [1.54, 1.807) is 0 Å². The number of carbonyl (C=O) groups is 1. The van der Waals surface area contributed by atoms with Gasteiger partial charge in [-0.2, -0.15) is 0 Å². The van der Waals surface area contributed by atoms with Crippen LogP contribution in [0.4, 0.5) is 10.1 Å². The highest BCUT2D eigenvalue weighted by Gasteiger charge is 2.05. The Morgan fingerprint density at radius 1 is 1.58 bits per heavy atom. The normalized spacial score (nSPS) is 9.83. The Labute approximate surface area is 74.1 Å². The number of benzene rings is 1. The van der Waals surface area contributed by atoms with Gasteiger partial charge in [0.05, 0.1) is 10.7 Å². The van der Waals surface area contributed by atoms with Gasteiger partial charge in [0.25, 0.3) is 0 Å². The van der Waals surface area contributed by atoms with Crippen LogP contribution in [0.25, 0.3) is 0 Å². The minimum Gasteiger partial charge on any atom is -0.397 e. The van der Waals surface area contributed by atoms with Crippen molar-refractivity contribution in [3.63, 3.8) is 0 Å². The van der Waals surface area contributed by atoms with Crippen molar-refractivity contribution in [2.45, 2.75) is 6.42 Å². The van der Waals surface area contributed by atoms with E-state index < -0.39 is 5.82 Å². The molecule has 0 unspecified atom stereocenters. The maximum absolute atomic E-state index is 12.7. The van der Waals surface area contributed by atoms with E-state index >= 15 is 0 Å². The molecule has 4 heteroatoms. The van der Waals surface area contributed by atoms with Gasteiger partial charge in [0.2, 0.25) is 0 Å². The Morgan fingerprint density at radius 2 is 2.25 bits per heavy atom. The highest BCUT2D eigenvalue weighted by atomic mass is 35.5.